The second-order valence-corrected chi connectivity index (χ2v) is 5.66. The number of hydrogen-bond donors (Lipinski definition) is 1. The van der Waals surface area contributed by atoms with E-state index in [1.54, 1.807) is 4.68 Å². The Kier molecular flexibility index (Phi) is 4.91. The van der Waals surface area contributed by atoms with Crippen LogP contribution in [0.4, 0.5) is 0 Å². The molecule has 1 aliphatic rings. The van der Waals surface area contributed by atoms with Crippen LogP contribution in [0.15, 0.2) is 0 Å². The van der Waals surface area contributed by atoms with Gasteiger partial charge in [0.2, 0.25) is 0 Å². The molecule has 6 nitrogen and oxygen atoms in total. The van der Waals surface area contributed by atoms with Crippen molar-refractivity contribution in [3.8, 4) is 6.07 Å². The summed E-state index contributed by atoms with van der Waals surface area (Å²) < 4.78 is 4.39. The van der Waals surface area contributed by atoms with E-state index in [0.29, 0.717) is 29.9 Å². The largest absolute Gasteiger partial charge is 0.388 e. The molecule has 0 aliphatic heterocycles. The maximum absolute atomic E-state index is 9.41. The minimum atomic E-state index is -0.0894. The lowest BCUT2D eigenvalue weighted by Crippen LogP contribution is -2.31. The van der Waals surface area contributed by atoms with Crippen molar-refractivity contribution >= 4 is 12.2 Å². The number of nitrogens with zero attached hydrogens (tertiary/aromatic N) is 5. The van der Waals surface area contributed by atoms with Crippen LogP contribution in [0.2, 0.25) is 0 Å². The standard InChI is InChI=1S/C13H21N5OS/c1-3-16(7-10(2)6-14)9-17-13(20)18(11-4-5-11)12(8-19)15-17/h10-11,19H,3-5,7-9H2,1-2H3. The fraction of sp³-hybridized carbons (Fsp3) is 0.769. The van der Waals surface area contributed by atoms with Crippen LogP contribution in [-0.2, 0) is 13.3 Å². The van der Waals surface area contributed by atoms with E-state index in [1.807, 2.05) is 11.5 Å². The molecule has 20 heavy (non-hydrogen) atoms. The molecule has 0 radical (unpaired) electrons. The van der Waals surface area contributed by atoms with Gasteiger partial charge in [-0.3, -0.25) is 9.47 Å². The molecular weight excluding hydrogens is 274 g/mol. The summed E-state index contributed by atoms with van der Waals surface area (Å²) in [5.41, 5.74) is 0. The van der Waals surface area contributed by atoms with E-state index in [0.717, 1.165) is 19.4 Å². The van der Waals surface area contributed by atoms with E-state index < -0.39 is 0 Å². The molecule has 0 spiro atoms. The molecule has 1 aliphatic carbocycles. The summed E-state index contributed by atoms with van der Waals surface area (Å²) in [5, 5.41) is 22.7. The smallest absolute Gasteiger partial charge is 0.199 e. The third-order valence-corrected chi connectivity index (χ3v) is 3.94. The van der Waals surface area contributed by atoms with Gasteiger partial charge in [0.15, 0.2) is 10.6 Å². The van der Waals surface area contributed by atoms with Crippen molar-refractivity contribution in [1.82, 2.24) is 19.2 Å². The highest BCUT2D eigenvalue weighted by atomic mass is 32.1. The minimum Gasteiger partial charge on any atom is -0.388 e. The maximum atomic E-state index is 9.41. The number of aliphatic hydroxyl groups excluding tert-OH is 1. The lowest BCUT2D eigenvalue weighted by molar-refractivity contribution is 0.200. The summed E-state index contributed by atoms with van der Waals surface area (Å²) in [6.07, 6.45) is 2.21. The van der Waals surface area contributed by atoms with E-state index in [-0.39, 0.29) is 12.5 Å². The van der Waals surface area contributed by atoms with E-state index in [1.165, 1.54) is 0 Å². The van der Waals surface area contributed by atoms with E-state index in [9.17, 15) is 5.11 Å². The molecule has 1 aromatic heterocycles. The molecule has 7 heteroatoms. The highest BCUT2D eigenvalue weighted by Gasteiger charge is 2.28. The molecule has 1 unspecified atom stereocenters. The normalized spacial score (nSPS) is 16.4. The van der Waals surface area contributed by atoms with Gasteiger partial charge in [-0.2, -0.15) is 10.4 Å². The van der Waals surface area contributed by atoms with E-state index >= 15 is 0 Å². The van der Waals surface area contributed by atoms with Gasteiger partial charge in [-0.15, -0.1) is 0 Å². The molecule has 1 aromatic rings. The first kappa shape index (κ1) is 15.2. The first-order chi connectivity index (χ1) is 9.60. The van der Waals surface area contributed by atoms with E-state index in [2.05, 4.69) is 23.0 Å². The molecule has 0 bridgehead atoms. The van der Waals surface area contributed by atoms with Crippen LogP contribution >= 0.6 is 12.2 Å². The predicted molar refractivity (Wildman–Crippen MR) is 77.3 cm³/mol. The molecule has 1 atom stereocenters. The highest BCUT2D eigenvalue weighted by molar-refractivity contribution is 7.71. The van der Waals surface area contributed by atoms with Gasteiger partial charge in [-0.1, -0.05) is 6.92 Å². The Bertz CT molecular complexity index is 554. The summed E-state index contributed by atoms with van der Waals surface area (Å²) in [6.45, 7) is 5.96. The van der Waals surface area contributed by atoms with E-state index in [4.69, 9.17) is 17.5 Å². The second-order valence-electron chi connectivity index (χ2n) is 5.30. The Balaban J connectivity index is 2.16. The van der Waals surface area contributed by atoms with Crippen molar-refractivity contribution in [3.63, 3.8) is 0 Å². The van der Waals surface area contributed by atoms with Crippen molar-refractivity contribution in [2.45, 2.75) is 46.0 Å². The summed E-state index contributed by atoms with van der Waals surface area (Å²) in [4.78, 5) is 2.13. The van der Waals surface area contributed by atoms with Crippen molar-refractivity contribution in [3.05, 3.63) is 10.6 Å². The zero-order chi connectivity index (χ0) is 14.7. The lowest BCUT2D eigenvalue weighted by atomic mass is 10.2. The molecule has 1 saturated carbocycles. The van der Waals surface area contributed by atoms with Crippen LogP contribution < -0.4 is 0 Å². The van der Waals surface area contributed by atoms with Crippen LogP contribution in [0.3, 0.4) is 0 Å². The second kappa shape index (κ2) is 6.48. The quantitative estimate of drug-likeness (QED) is 0.775. The van der Waals surface area contributed by atoms with Crippen molar-refractivity contribution in [2.75, 3.05) is 13.1 Å². The van der Waals surface area contributed by atoms with Crippen molar-refractivity contribution < 1.29 is 5.11 Å². The zero-order valence-corrected chi connectivity index (χ0v) is 12.8. The van der Waals surface area contributed by atoms with Crippen LogP contribution in [0.5, 0.6) is 0 Å². The van der Waals surface area contributed by atoms with Crippen LogP contribution in [0.25, 0.3) is 0 Å². The van der Waals surface area contributed by atoms with Gasteiger partial charge in [0.25, 0.3) is 0 Å². The Labute approximate surface area is 124 Å². The Morgan fingerprint density at radius 2 is 2.30 bits per heavy atom. The highest BCUT2D eigenvalue weighted by Crippen LogP contribution is 2.36. The first-order valence-electron chi connectivity index (χ1n) is 7.01. The summed E-state index contributed by atoms with van der Waals surface area (Å²) in [5.74, 6) is 0.619. The number of aliphatic hydroxyl groups is 1. The lowest BCUT2D eigenvalue weighted by Gasteiger charge is -2.20. The van der Waals surface area contributed by atoms with Crippen LogP contribution in [-0.4, -0.2) is 37.4 Å². The average Bonchev–Trinajstić information content (AvgIpc) is 3.23. The predicted octanol–water partition coefficient (Wildman–Crippen LogP) is 1.68. The molecule has 0 aromatic carbocycles. The first-order valence-corrected chi connectivity index (χ1v) is 7.42. The van der Waals surface area contributed by atoms with Crippen molar-refractivity contribution in [2.24, 2.45) is 5.92 Å². The SMILES string of the molecule is CCN(CC(C)C#N)Cn1nc(CO)n(C2CC2)c1=S. The fourth-order valence-corrected chi connectivity index (χ4v) is 2.62. The molecule has 0 saturated heterocycles. The number of rotatable bonds is 7. The van der Waals surface area contributed by atoms with Crippen LogP contribution in [0, 0.1) is 22.0 Å². The van der Waals surface area contributed by atoms with Gasteiger partial charge in [0, 0.05) is 12.6 Å². The summed E-state index contributed by atoms with van der Waals surface area (Å²) >= 11 is 5.46. The molecule has 1 N–H and O–H groups in total. The fourth-order valence-electron chi connectivity index (χ4n) is 2.27. The molecule has 1 heterocycles. The number of aromatic nitrogens is 3. The minimum absolute atomic E-state index is 0.0213. The Hall–Kier alpha value is -1.23. The monoisotopic (exact) mass is 295 g/mol. The number of nitriles is 1. The van der Waals surface area contributed by atoms with Gasteiger partial charge >= 0.3 is 0 Å². The summed E-state index contributed by atoms with van der Waals surface area (Å²) in [7, 11) is 0. The Morgan fingerprint density at radius 1 is 1.60 bits per heavy atom. The maximum Gasteiger partial charge on any atom is 0.199 e. The molecule has 0 amide bonds. The Morgan fingerprint density at radius 3 is 2.80 bits per heavy atom. The third kappa shape index (κ3) is 3.26. The van der Waals surface area contributed by atoms with Crippen LogP contribution in [0.1, 0.15) is 38.6 Å². The van der Waals surface area contributed by atoms with Gasteiger partial charge in [-0.25, -0.2) is 4.68 Å². The van der Waals surface area contributed by atoms with Gasteiger partial charge in [-0.05, 0) is 38.5 Å². The van der Waals surface area contributed by atoms with Gasteiger partial charge < -0.3 is 5.11 Å². The van der Waals surface area contributed by atoms with Gasteiger partial charge in [0.05, 0.1) is 18.7 Å². The van der Waals surface area contributed by atoms with Gasteiger partial charge in [0.1, 0.15) is 6.61 Å². The molecule has 110 valence electrons. The van der Waals surface area contributed by atoms with Crippen molar-refractivity contribution in [1.29, 1.82) is 5.26 Å². The number of hydrogen-bond acceptors (Lipinski definition) is 5. The molecular formula is C13H21N5OS. The molecule has 1 fully saturated rings. The topological polar surface area (TPSA) is 70.0 Å². The zero-order valence-electron chi connectivity index (χ0n) is 12.0. The summed E-state index contributed by atoms with van der Waals surface area (Å²) in [6, 6.07) is 2.65. The average molecular weight is 295 g/mol. The molecule has 2 rings (SSSR count). The third-order valence-electron chi connectivity index (χ3n) is 3.53.